The molecule has 2 aliphatic heterocycles. The zero-order valence-corrected chi connectivity index (χ0v) is 19.1. The number of hydrogen-bond donors (Lipinski definition) is 3. The molecule has 0 bridgehead atoms. The van der Waals surface area contributed by atoms with Gasteiger partial charge in [-0.15, -0.1) is 0 Å². The molecule has 3 atom stereocenters. The fourth-order valence-corrected chi connectivity index (χ4v) is 6.43. The fourth-order valence-electron chi connectivity index (χ4n) is 5.85. The van der Waals surface area contributed by atoms with Crippen LogP contribution in [0.1, 0.15) is 36.0 Å². The van der Waals surface area contributed by atoms with E-state index in [2.05, 4.69) is 83.3 Å². The first-order valence-electron chi connectivity index (χ1n) is 11.0. The van der Waals surface area contributed by atoms with Crippen LogP contribution >= 0.6 is 22.6 Å². The van der Waals surface area contributed by atoms with E-state index in [1.54, 1.807) is 9.80 Å². The molecule has 152 valence electrons. The normalized spacial score (nSPS) is 33.7. The van der Waals surface area contributed by atoms with Crippen molar-refractivity contribution in [3.05, 3.63) is 74.9 Å². The van der Waals surface area contributed by atoms with Crippen LogP contribution in [0.3, 0.4) is 0 Å². The topological polar surface area (TPSA) is 29.1 Å². The maximum absolute atomic E-state index is 10.8. The fraction of sp³-hybridized carbons (Fsp3) is 0.440. The average Bonchev–Trinajstić information content (AvgIpc) is 3.10. The SMILES string of the molecule is O[C@@H]1CC[NH+](Cc2ccccc2I)C[C@H]1[NH+]1CCC2(C=Cc3ccccc32)CC1. The Kier molecular flexibility index (Phi) is 5.54. The number of hydrogen-bond acceptors (Lipinski definition) is 1. The predicted molar refractivity (Wildman–Crippen MR) is 125 cm³/mol. The maximum Gasteiger partial charge on any atom is 0.163 e. The van der Waals surface area contributed by atoms with Gasteiger partial charge in [0.2, 0.25) is 0 Å². The van der Waals surface area contributed by atoms with Crippen molar-refractivity contribution in [3.63, 3.8) is 0 Å². The third-order valence-corrected chi connectivity index (χ3v) is 8.61. The highest BCUT2D eigenvalue weighted by Crippen LogP contribution is 2.41. The van der Waals surface area contributed by atoms with Crippen LogP contribution in [-0.2, 0) is 12.0 Å². The summed E-state index contributed by atoms with van der Waals surface area (Å²) in [5.74, 6) is 0. The van der Waals surface area contributed by atoms with Crippen molar-refractivity contribution < 1.29 is 14.9 Å². The van der Waals surface area contributed by atoms with Gasteiger partial charge in [0, 0.05) is 33.8 Å². The molecular formula is C25H31IN2O+2. The monoisotopic (exact) mass is 502 g/mol. The number of allylic oxidation sites excluding steroid dienone is 1. The number of nitrogens with one attached hydrogen (secondary N) is 2. The standard InChI is InChI=1S/C25H29IN2O/c26-22-8-4-2-6-20(22)17-27-14-10-24(29)23(18-27)28-15-12-25(13-16-28)11-9-19-5-1-3-7-21(19)25/h1-9,11,23-24,29H,10,12-18H2/p+2/t23-,24-/m1/s1. The van der Waals surface area contributed by atoms with Gasteiger partial charge in [-0.2, -0.15) is 0 Å². The van der Waals surface area contributed by atoms with Crippen molar-refractivity contribution in [1.29, 1.82) is 0 Å². The van der Waals surface area contributed by atoms with Gasteiger partial charge in [-0.05, 0) is 39.8 Å². The van der Waals surface area contributed by atoms with Crippen molar-refractivity contribution in [3.8, 4) is 0 Å². The molecule has 2 saturated heterocycles. The Morgan fingerprint density at radius 3 is 2.59 bits per heavy atom. The number of piperidine rings is 2. The lowest BCUT2D eigenvalue weighted by Crippen LogP contribution is -3.26. The quantitative estimate of drug-likeness (QED) is 0.546. The van der Waals surface area contributed by atoms with Crippen LogP contribution in [-0.4, -0.2) is 43.4 Å². The van der Waals surface area contributed by atoms with Crippen molar-refractivity contribution in [1.82, 2.24) is 0 Å². The summed E-state index contributed by atoms with van der Waals surface area (Å²) in [5, 5.41) is 10.8. The second-order valence-corrected chi connectivity index (χ2v) is 10.3. The van der Waals surface area contributed by atoms with Gasteiger partial charge in [0.25, 0.3) is 0 Å². The van der Waals surface area contributed by atoms with E-state index in [0.717, 1.165) is 39.1 Å². The molecule has 2 aromatic rings. The number of fused-ring (bicyclic) bond motifs is 2. The number of benzene rings is 2. The predicted octanol–water partition coefficient (Wildman–Crippen LogP) is 1.45. The Labute approximate surface area is 187 Å². The van der Waals surface area contributed by atoms with E-state index in [-0.39, 0.29) is 11.5 Å². The summed E-state index contributed by atoms with van der Waals surface area (Å²) in [4.78, 5) is 3.25. The van der Waals surface area contributed by atoms with Gasteiger partial charge >= 0.3 is 0 Å². The molecule has 1 spiro atoms. The zero-order valence-electron chi connectivity index (χ0n) is 16.9. The third kappa shape index (κ3) is 3.80. The van der Waals surface area contributed by atoms with Crippen LogP contribution in [0.4, 0.5) is 0 Å². The van der Waals surface area contributed by atoms with Gasteiger partial charge in [-0.1, -0.05) is 54.6 Å². The van der Waals surface area contributed by atoms with E-state index in [1.807, 2.05) is 0 Å². The third-order valence-electron chi connectivity index (χ3n) is 7.55. The van der Waals surface area contributed by atoms with Crippen LogP contribution in [0, 0.1) is 3.57 Å². The van der Waals surface area contributed by atoms with Gasteiger partial charge in [0.1, 0.15) is 19.2 Å². The van der Waals surface area contributed by atoms with Crippen molar-refractivity contribution in [2.75, 3.05) is 26.2 Å². The minimum absolute atomic E-state index is 0.149. The Morgan fingerprint density at radius 2 is 1.76 bits per heavy atom. The molecule has 0 aromatic heterocycles. The first-order valence-corrected chi connectivity index (χ1v) is 12.1. The molecule has 0 saturated carbocycles. The Hall–Kier alpha value is -1.21. The Bertz CT molecular complexity index is 903. The van der Waals surface area contributed by atoms with Crippen molar-refractivity contribution >= 4 is 28.7 Å². The zero-order chi connectivity index (χ0) is 19.8. The van der Waals surface area contributed by atoms with E-state index in [9.17, 15) is 5.11 Å². The van der Waals surface area contributed by atoms with E-state index >= 15 is 0 Å². The molecule has 4 heteroatoms. The molecule has 29 heavy (non-hydrogen) atoms. The molecule has 1 aliphatic carbocycles. The molecule has 1 unspecified atom stereocenters. The lowest BCUT2D eigenvalue weighted by molar-refractivity contribution is -0.996. The Balaban J connectivity index is 1.25. The average molecular weight is 502 g/mol. The van der Waals surface area contributed by atoms with Gasteiger partial charge in [-0.25, -0.2) is 0 Å². The molecule has 3 nitrogen and oxygen atoms in total. The minimum atomic E-state index is -0.149. The highest BCUT2D eigenvalue weighted by atomic mass is 127. The summed E-state index contributed by atoms with van der Waals surface area (Å²) in [5.41, 5.74) is 4.61. The van der Waals surface area contributed by atoms with Crippen LogP contribution in [0.5, 0.6) is 0 Å². The number of aliphatic hydroxyl groups excluding tert-OH is 1. The van der Waals surface area contributed by atoms with E-state index < -0.39 is 0 Å². The second-order valence-electron chi connectivity index (χ2n) is 9.17. The summed E-state index contributed by atoms with van der Waals surface area (Å²) in [6.45, 7) is 5.57. The molecular weight excluding hydrogens is 471 g/mol. The van der Waals surface area contributed by atoms with Gasteiger partial charge in [0.05, 0.1) is 19.6 Å². The lowest BCUT2D eigenvalue weighted by atomic mass is 9.74. The van der Waals surface area contributed by atoms with E-state index in [0.29, 0.717) is 6.04 Å². The molecule has 0 amide bonds. The highest BCUT2D eigenvalue weighted by Gasteiger charge is 2.45. The van der Waals surface area contributed by atoms with Crippen LogP contribution in [0.2, 0.25) is 0 Å². The lowest BCUT2D eigenvalue weighted by Gasteiger charge is -2.43. The smallest absolute Gasteiger partial charge is 0.163 e. The van der Waals surface area contributed by atoms with Gasteiger partial charge < -0.3 is 14.9 Å². The summed E-state index contributed by atoms with van der Waals surface area (Å²) < 4.78 is 1.36. The minimum Gasteiger partial charge on any atom is -0.386 e. The summed E-state index contributed by atoms with van der Waals surface area (Å²) in [6, 6.07) is 18.0. The number of quaternary nitrogens is 2. The number of rotatable bonds is 3. The number of likely N-dealkylation sites (tertiary alicyclic amines) is 2. The molecule has 3 N–H and O–H groups in total. The molecule has 3 aliphatic rings. The van der Waals surface area contributed by atoms with Crippen molar-refractivity contribution in [2.45, 2.75) is 43.4 Å². The van der Waals surface area contributed by atoms with Crippen molar-refractivity contribution in [2.24, 2.45) is 0 Å². The molecule has 2 aromatic carbocycles. The number of aliphatic hydroxyl groups is 1. The molecule has 2 heterocycles. The second kappa shape index (κ2) is 8.14. The van der Waals surface area contributed by atoms with Crippen LogP contribution in [0.25, 0.3) is 6.08 Å². The van der Waals surface area contributed by atoms with Crippen LogP contribution in [0.15, 0.2) is 54.6 Å². The Morgan fingerprint density at radius 1 is 1.00 bits per heavy atom. The summed E-state index contributed by atoms with van der Waals surface area (Å²) >= 11 is 2.45. The van der Waals surface area contributed by atoms with E-state index in [4.69, 9.17) is 0 Å². The molecule has 0 radical (unpaired) electrons. The first kappa shape index (κ1) is 19.7. The maximum atomic E-state index is 10.8. The van der Waals surface area contributed by atoms with Gasteiger partial charge in [0.15, 0.2) is 6.04 Å². The number of halogens is 1. The highest BCUT2D eigenvalue weighted by molar-refractivity contribution is 14.1. The molecule has 2 fully saturated rings. The van der Waals surface area contributed by atoms with Crippen LogP contribution < -0.4 is 9.80 Å². The summed E-state index contributed by atoms with van der Waals surface area (Å²) in [7, 11) is 0. The first-order chi connectivity index (χ1) is 14.1. The van der Waals surface area contributed by atoms with E-state index in [1.165, 1.54) is 33.1 Å². The summed E-state index contributed by atoms with van der Waals surface area (Å²) in [6.07, 6.45) is 7.96. The largest absolute Gasteiger partial charge is 0.386 e. The molecule has 5 rings (SSSR count). The van der Waals surface area contributed by atoms with Gasteiger partial charge in [-0.3, -0.25) is 0 Å².